The summed E-state index contributed by atoms with van der Waals surface area (Å²) in [6.07, 6.45) is 1.76. The first-order valence-corrected chi connectivity index (χ1v) is 8.33. The summed E-state index contributed by atoms with van der Waals surface area (Å²) in [5, 5.41) is 0. The van der Waals surface area contributed by atoms with Gasteiger partial charge in [0.15, 0.2) is 5.82 Å². The summed E-state index contributed by atoms with van der Waals surface area (Å²) >= 11 is 0. The van der Waals surface area contributed by atoms with E-state index in [4.69, 9.17) is 14.5 Å². The van der Waals surface area contributed by atoms with Crippen molar-refractivity contribution in [2.24, 2.45) is 0 Å². The minimum Gasteiger partial charge on any atom is -0.378 e. The monoisotopic (exact) mass is 335 g/mol. The van der Waals surface area contributed by atoms with Crippen LogP contribution in [0.4, 0.5) is 5.82 Å². The van der Waals surface area contributed by atoms with Crippen molar-refractivity contribution in [3.8, 4) is 0 Å². The minimum absolute atomic E-state index is 0.0775. The highest BCUT2D eigenvalue weighted by molar-refractivity contribution is 5.78. The van der Waals surface area contributed by atoms with Gasteiger partial charge in [0.2, 0.25) is 5.91 Å². The highest BCUT2D eigenvalue weighted by atomic mass is 16.5. The van der Waals surface area contributed by atoms with Crippen molar-refractivity contribution in [1.29, 1.82) is 0 Å². The molecular weight excluding hydrogens is 310 g/mol. The second-order valence-electron chi connectivity index (χ2n) is 6.29. The number of ether oxygens (including phenoxy) is 2. The molecule has 8 nitrogen and oxygen atoms in total. The molecule has 2 saturated heterocycles. The Hall–Kier alpha value is -1.77. The Kier molecular flexibility index (Phi) is 5.60. The molecule has 0 saturated carbocycles. The average molecular weight is 335 g/mol. The molecule has 24 heavy (non-hydrogen) atoms. The van der Waals surface area contributed by atoms with Gasteiger partial charge in [0.25, 0.3) is 0 Å². The maximum atomic E-state index is 12.5. The van der Waals surface area contributed by atoms with Crippen LogP contribution in [0.15, 0.2) is 12.3 Å². The molecule has 132 valence electrons. The normalized spacial score (nSPS) is 22.0. The summed E-state index contributed by atoms with van der Waals surface area (Å²) in [6, 6.07) is 1.68. The van der Waals surface area contributed by atoms with Gasteiger partial charge in [0, 0.05) is 25.8 Å². The van der Waals surface area contributed by atoms with Crippen molar-refractivity contribution in [3.05, 3.63) is 18.1 Å². The first-order chi connectivity index (χ1) is 11.6. The highest BCUT2D eigenvalue weighted by Crippen LogP contribution is 2.23. The van der Waals surface area contributed by atoms with E-state index in [0.717, 1.165) is 18.9 Å². The van der Waals surface area contributed by atoms with Gasteiger partial charge in [0.1, 0.15) is 11.9 Å². The molecule has 3 rings (SSSR count). The summed E-state index contributed by atoms with van der Waals surface area (Å²) in [5.41, 5.74) is 0. The summed E-state index contributed by atoms with van der Waals surface area (Å²) in [7, 11) is 3.78. The third-order valence-electron chi connectivity index (χ3n) is 4.19. The quantitative estimate of drug-likeness (QED) is 0.753. The molecule has 8 heteroatoms. The van der Waals surface area contributed by atoms with Crippen LogP contribution < -0.4 is 4.90 Å². The number of hydrogen-bond acceptors (Lipinski definition) is 7. The second-order valence-corrected chi connectivity index (χ2v) is 6.29. The van der Waals surface area contributed by atoms with Crippen molar-refractivity contribution >= 4 is 11.7 Å². The number of rotatable bonds is 4. The van der Waals surface area contributed by atoms with Crippen LogP contribution in [-0.4, -0.2) is 92.4 Å². The maximum Gasteiger partial charge on any atom is 0.237 e. The van der Waals surface area contributed by atoms with E-state index in [-0.39, 0.29) is 11.9 Å². The molecule has 2 aliphatic rings. The molecule has 0 unspecified atom stereocenters. The van der Waals surface area contributed by atoms with Gasteiger partial charge in [-0.2, -0.15) is 0 Å². The average Bonchev–Trinajstić information content (AvgIpc) is 2.62. The van der Waals surface area contributed by atoms with Gasteiger partial charge in [-0.05, 0) is 20.2 Å². The lowest BCUT2D eigenvalue weighted by molar-refractivity contribution is -0.141. The fourth-order valence-electron chi connectivity index (χ4n) is 2.97. The Morgan fingerprint density at radius 2 is 2.00 bits per heavy atom. The molecule has 0 radical (unpaired) electrons. The van der Waals surface area contributed by atoms with Crippen molar-refractivity contribution in [2.75, 3.05) is 71.6 Å². The van der Waals surface area contributed by atoms with E-state index < -0.39 is 0 Å². The van der Waals surface area contributed by atoms with Crippen LogP contribution in [0.25, 0.3) is 0 Å². The second kappa shape index (κ2) is 7.87. The van der Waals surface area contributed by atoms with E-state index in [1.807, 2.05) is 30.0 Å². The van der Waals surface area contributed by atoms with E-state index in [1.54, 1.807) is 6.20 Å². The Morgan fingerprint density at radius 1 is 1.25 bits per heavy atom. The summed E-state index contributed by atoms with van der Waals surface area (Å²) < 4.78 is 11.0. The molecule has 1 aromatic rings. The van der Waals surface area contributed by atoms with Crippen molar-refractivity contribution < 1.29 is 14.3 Å². The zero-order valence-electron chi connectivity index (χ0n) is 14.3. The van der Waals surface area contributed by atoms with Crippen LogP contribution in [-0.2, 0) is 14.3 Å². The van der Waals surface area contributed by atoms with Crippen LogP contribution >= 0.6 is 0 Å². The third-order valence-corrected chi connectivity index (χ3v) is 4.19. The number of hydrogen-bond donors (Lipinski definition) is 0. The predicted molar refractivity (Wildman–Crippen MR) is 88.9 cm³/mol. The first-order valence-electron chi connectivity index (χ1n) is 8.33. The SMILES string of the molecule is CN(C)CC(=O)N1CCOC[C@@H]1c1nccc(N2CCOCC2)n1. The topological polar surface area (TPSA) is 71.0 Å². The zero-order valence-corrected chi connectivity index (χ0v) is 14.3. The molecular formula is C16H25N5O3. The molecule has 0 spiro atoms. The summed E-state index contributed by atoms with van der Waals surface area (Å²) in [4.78, 5) is 27.5. The number of nitrogens with zero attached hydrogens (tertiary/aromatic N) is 5. The fraction of sp³-hybridized carbons (Fsp3) is 0.688. The van der Waals surface area contributed by atoms with Gasteiger partial charge in [-0.1, -0.05) is 0 Å². The lowest BCUT2D eigenvalue weighted by Crippen LogP contribution is -2.47. The number of morpholine rings is 2. The zero-order chi connectivity index (χ0) is 16.9. The van der Waals surface area contributed by atoms with Gasteiger partial charge in [-0.25, -0.2) is 9.97 Å². The molecule has 2 fully saturated rings. The van der Waals surface area contributed by atoms with Gasteiger partial charge in [-0.15, -0.1) is 0 Å². The number of likely N-dealkylation sites (N-methyl/N-ethyl adjacent to an activating group) is 1. The van der Waals surface area contributed by atoms with Crippen molar-refractivity contribution in [3.63, 3.8) is 0 Å². The minimum atomic E-state index is -0.229. The number of anilines is 1. The third kappa shape index (κ3) is 4.00. The molecule has 1 aromatic heterocycles. The molecule has 0 aliphatic carbocycles. The Balaban J connectivity index is 1.78. The van der Waals surface area contributed by atoms with E-state index in [0.29, 0.717) is 45.3 Å². The Bertz CT molecular complexity index is 562. The molecule has 3 heterocycles. The lowest BCUT2D eigenvalue weighted by atomic mass is 10.2. The molecule has 0 aromatic carbocycles. The number of amides is 1. The van der Waals surface area contributed by atoms with Gasteiger partial charge < -0.3 is 24.2 Å². The molecule has 2 aliphatic heterocycles. The van der Waals surface area contributed by atoms with E-state index in [2.05, 4.69) is 9.88 Å². The van der Waals surface area contributed by atoms with Crippen LogP contribution in [0.1, 0.15) is 11.9 Å². The van der Waals surface area contributed by atoms with Crippen LogP contribution in [0.2, 0.25) is 0 Å². The maximum absolute atomic E-state index is 12.5. The van der Waals surface area contributed by atoms with Gasteiger partial charge in [-0.3, -0.25) is 4.79 Å². The van der Waals surface area contributed by atoms with Crippen LogP contribution in [0, 0.1) is 0 Å². The van der Waals surface area contributed by atoms with Crippen LogP contribution in [0.5, 0.6) is 0 Å². The van der Waals surface area contributed by atoms with Crippen molar-refractivity contribution in [1.82, 2.24) is 19.8 Å². The Labute approximate surface area is 142 Å². The van der Waals surface area contributed by atoms with Gasteiger partial charge in [0.05, 0.1) is 33.0 Å². The highest BCUT2D eigenvalue weighted by Gasteiger charge is 2.31. The smallest absolute Gasteiger partial charge is 0.237 e. The van der Waals surface area contributed by atoms with Crippen molar-refractivity contribution in [2.45, 2.75) is 6.04 Å². The largest absolute Gasteiger partial charge is 0.378 e. The van der Waals surface area contributed by atoms with Crippen LogP contribution in [0.3, 0.4) is 0 Å². The summed E-state index contributed by atoms with van der Waals surface area (Å²) in [5.74, 6) is 1.60. The number of carbonyl (C=O) groups excluding carboxylic acids is 1. The first kappa shape index (κ1) is 17.1. The molecule has 1 amide bonds. The predicted octanol–water partition coefficient (Wildman–Crippen LogP) is -0.225. The molecule has 0 N–H and O–H groups in total. The lowest BCUT2D eigenvalue weighted by Gasteiger charge is -2.35. The number of carbonyl (C=O) groups is 1. The van der Waals surface area contributed by atoms with E-state index in [9.17, 15) is 4.79 Å². The molecule has 1 atom stereocenters. The number of aromatic nitrogens is 2. The fourth-order valence-corrected chi connectivity index (χ4v) is 2.97. The van der Waals surface area contributed by atoms with E-state index >= 15 is 0 Å². The van der Waals surface area contributed by atoms with E-state index in [1.165, 1.54) is 0 Å². The summed E-state index contributed by atoms with van der Waals surface area (Å²) in [6.45, 7) is 4.99. The molecule has 0 bridgehead atoms. The standard InChI is InChI=1S/C16H25N5O3/c1-19(2)11-15(22)21-7-10-24-12-13(21)16-17-4-3-14(18-16)20-5-8-23-9-6-20/h3-4,13H,5-12H2,1-2H3/t13-/m1/s1. The Morgan fingerprint density at radius 3 is 2.75 bits per heavy atom. The van der Waals surface area contributed by atoms with Gasteiger partial charge >= 0.3 is 0 Å².